The third-order valence-electron chi connectivity index (χ3n) is 2.39. The van der Waals surface area contributed by atoms with Crippen molar-refractivity contribution in [1.29, 1.82) is 0 Å². The van der Waals surface area contributed by atoms with E-state index in [1.807, 2.05) is 6.92 Å². The Bertz CT molecular complexity index is 252. The Kier molecular flexibility index (Phi) is 4.41. The zero-order chi connectivity index (χ0) is 11.3. The van der Waals surface area contributed by atoms with Crippen molar-refractivity contribution in [3.05, 3.63) is 0 Å². The van der Waals surface area contributed by atoms with Crippen LogP contribution in [0, 0.1) is 0 Å². The van der Waals surface area contributed by atoms with Crippen LogP contribution < -0.4 is 10.6 Å². The molecule has 0 aromatic rings. The number of likely N-dealkylation sites (N-methyl/N-ethyl adjacent to an activating group) is 1. The molecule has 0 radical (unpaired) electrons. The summed E-state index contributed by atoms with van der Waals surface area (Å²) in [6, 6.07) is 0. The van der Waals surface area contributed by atoms with Crippen molar-refractivity contribution in [3.63, 3.8) is 0 Å². The Hall–Kier alpha value is -0.750. The van der Waals surface area contributed by atoms with E-state index in [0.717, 1.165) is 5.75 Å². The summed E-state index contributed by atoms with van der Waals surface area (Å²) in [5.74, 6) is 0.336. The van der Waals surface area contributed by atoms with Gasteiger partial charge in [0.2, 0.25) is 5.91 Å². The number of thioether (sulfide) groups is 1. The first-order valence-corrected chi connectivity index (χ1v) is 6.09. The lowest BCUT2D eigenvalue weighted by molar-refractivity contribution is -0.143. The van der Waals surface area contributed by atoms with E-state index in [2.05, 4.69) is 10.6 Å². The molecule has 1 heterocycles. The molecule has 1 fully saturated rings. The van der Waals surface area contributed by atoms with Crippen molar-refractivity contribution in [3.8, 4) is 0 Å². The van der Waals surface area contributed by atoms with Gasteiger partial charge >= 0.3 is 5.97 Å². The maximum Gasteiger partial charge on any atom is 0.324 e. The van der Waals surface area contributed by atoms with Gasteiger partial charge in [-0.15, -0.1) is 0 Å². The predicted octanol–water partition coefficient (Wildman–Crippen LogP) is -0.328. The number of hydrogen-bond acceptors (Lipinski definition) is 4. The zero-order valence-electron chi connectivity index (χ0n) is 8.71. The maximum atomic E-state index is 11.2. The van der Waals surface area contributed by atoms with Crippen LogP contribution >= 0.6 is 11.8 Å². The van der Waals surface area contributed by atoms with Crippen molar-refractivity contribution < 1.29 is 14.7 Å². The zero-order valence-corrected chi connectivity index (χ0v) is 9.52. The van der Waals surface area contributed by atoms with E-state index < -0.39 is 11.5 Å². The number of carboxylic acids is 1. The fourth-order valence-electron chi connectivity index (χ4n) is 1.46. The van der Waals surface area contributed by atoms with Crippen molar-refractivity contribution in [2.75, 3.05) is 24.6 Å². The van der Waals surface area contributed by atoms with Gasteiger partial charge in [-0.2, -0.15) is 11.8 Å². The number of nitrogens with one attached hydrogen (secondary N) is 2. The minimum Gasteiger partial charge on any atom is -0.480 e. The lowest BCUT2D eigenvalue weighted by Gasteiger charge is -2.24. The largest absolute Gasteiger partial charge is 0.480 e. The van der Waals surface area contributed by atoms with Crippen LogP contribution in [-0.2, 0) is 9.59 Å². The van der Waals surface area contributed by atoms with Crippen LogP contribution in [0.25, 0.3) is 0 Å². The van der Waals surface area contributed by atoms with Crippen LogP contribution in [0.3, 0.4) is 0 Å². The lowest BCUT2D eigenvalue weighted by Crippen LogP contribution is -2.55. The summed E-state index contributed by atoms with van der Waals surface area (Å²) in [6.07, 6.45) is 0.576. The van der Waals surface area contributed by atoms with Crippen LogP contribution in [0.2, 0.25) is 0 Å². The molecule has 3 N–H and O–H groups in total. The second-order valence-corrected chi connectivity index (χ2v) is 4.60. The summed E-state index contributed by atoms with van der Waals surface area (Å²) in [5, 5.41) is 14.6. The van der Waals surface area contributed by atoms with Gasteiger partial charge in [0.05, 0.1) is 6.54 Å². The first-order chi connectivity index (χ1) is 7.10. The number of carboxylic acid groups (broad SMARTS) is 1. The summed E-state index contributed by atoms with van der Waals surface area (Å²) >= 11 is 1.60. The fraction of sp³-hybridized carbons (Fsp3) is 0.778. The van der Waals surface area contributed by atoms with Crippen molar-refractivity contribution in [2.45, 2.75) is 18.9 Å². The normalized spacial score (nSPS) is 25.1. The molecule has 0 aliphatic carbocycles. The first-order valence-electron chi connectivity index (χ1n) is 4.93. The minimum atomic E-state index is -0.907. The molecule has 1 aliphatic rings. The number of carbonyl (C=O) groups excluding carboxylic acids is 1. The molecular weight excluding hydrogens is 216 g/mol. The Morgan fingerprint density at radius 2 is 2.27 bits per heavy atom. The third kappa shape index (κ3) is 3.10. The van der Waals surface area contributed by atoms with E-state index in [1.165, 1.54) is 0 Å². The van der Waals surface area contributed by atoms with Gasteiger partial charge in [0.15, 0.2) is 0 Å². The number of amides is 1. The SMILES string of the molecule is CCNC(=O)CNC1(C(=O)O)CCSC1. The van der Waals surface area contributed by atoms with Gasteiger partial charge in [0, 0.05) is 12.3 Å². The smallest absolute Gasteiger partial charge is 0.324 e. The van der Waals surface area contributed by atoms with Gasteiger partial charge in [-0.05, 0) is 19.1 Å². The van der Waals surface area contributed by atoms with Gasteiger partial charge in [0.1, 0.15) is 5.54 Å². The molecule has 1 atom stereocenters. The average molecular weight is 232 g/mol. The average Bonchev–Trinajstić information content (AvgIpc) is 2.65. The maximum absolute atomic E-state index is 11.2. The van der Waals surface area contributed by atoms with Gasteiger partial charge in [-0.3, -0.25) is 14.9 Å². The van der Waals surface area contributed by atoms with E-state index in [-0.39, 0.29) is 12.5 Å². The van der Waals surface area contributed by atoms with Crippen LogP contribution in [0.4, 0.5) is 0 Å². The van der Waals surface area contributed by atoms with Crippen molar-refractivity contribution in [1.82, 2.24) is 10.6 Å². The molecule has 1 aliphatic heterocycles. The number of hydrogen-bond donors (Lipinski definition) is 3. The molecule has 0 aromatic carbocycles. The van der Waals surface area contributed by atoms with Crippen LogP contribution in [-0.4, -0.2) is 47.1 Å². The van der Waals surface area contributed by atoms with E-state index in [0.29, 0.717) is 18.7 Å². The second-order valence-electron chi connectivity index (χ2n) is 3.50. The summed E-state index contributed by atoms with van der Waals surface area (Å²) in [4.78, 5) is 22.3. The second kappa shape index (κ2) is 5.37. The van der Waals surface area contributed by atoms with E-state index >= 15 is 0 Å². The third-order valence-corrected chi connectivity index (χ3v) is 3.58. The topological polar surface area (TPSA) is 78.4 Å². The quantitative estimate of drug-likeness (QED) is 0.605. The molecule has 15 heavy (non-hydrogen) atoms. The van der Waals surface area contributed by atoms with Crippen LogP contribution in [0.15, 0.2) is 0 Å². The van der Waals surface area contributed by atoms with Gasteiger partial charge in [-0.25, -0.2) is 0 Å². The molecule has 1 rings (SSSR count). The highest BCUT2D eigenvalue weighted by atomic mass is 32.2. The molecule has 0 aromatic heterocycles. The Morgan fingerprint density at radius 3 is 2.73 bits per heavy atom. The molecule has 86 valence electrons. The molecule has 1 amide bonds. The monoisotopic (exact) mass is 232 g/mol. The summed E-state index contributed by atoms with van der Waals surface area (Å²) < 4.78 is 0. The Labute approximate surface area is 93.0 Å². The number of rotatable bonds is 5. The predicted molar refractivity (Wildman–Crippen MR) is 59.0 cm³/mol. The molecule has 0 bridgehead atoms. The van der Waals surface area contributed by atoms with E-state index in [1.54, 1.807) is 11.8 Å². The highest BCUT2D eigenvalue weighted by molar-refractivity contribution is 7.99. The molecule has 1 saturated heterocycles. The minimum absolute atomic E-state index is 0.0701. The Morgan fingerprint density at radius 1 is 1.53 bits per heavy atom. The van der Waals surface area contributed by atoms with Gasteiger partial charge in [-0.1, -0.05) is 0 Å². The highest BCUT2D eigenvalue weighted by Crippen LogP contribution is 2.27. The summed E-state index contributed by atoms with van der Waals surface area (Å²) in [5.41, 5.74) is -0.907. The Balaban J connectivity index is 2.46. The molecule has 5 nitrogen and oxygen atoms in total. The fourth-order valence-corrected chi connectivity index (χ4v) is 2.81. The molecular formula is C9H16N2O3S. The van der Waals surface area contributed by atoms with Gasteiger partial charge < -0.3 is 10.4 Å². The van der Waals surface area contributed by atoms with Crippen molar-refractivity contribution >= 4 is 23.6 Å². The lowest BCUT2D eigenvalue weighted by atomic mass is 9.99. The van der Waals surface area contributed by atoms with Crippen molar-refractivity contribution in [2.24, 2.45) is 0 Å². The number of carbonyl (C=O) groups is 2. The molecule has 1 unspecified atom stereocenters. The first kappa shape index (κ1) is 12.3. The summed E-state index contributed by atoms with van der Waals surface area (Å²) in [7, 11) is 0. The van der Waals surface area contributed by atoms with E-state index in [4.69, 9.17) is 5.11 Å². The highest BCUT2D eigenvalue weighted by Gasteiger charge is 2.41. The molecule has 6 heteroatoms. The molecule has 0 saturated carbocycles. The van der Waals surface area contributed by atoms with E-state index in [9.17, 15) is 9.59 Å². The van der Waals surface area contributed by atoms with Crippen LogP contribution in [0.1, 0.15) is 13.3 Å². The molecule has 0 spiro atoms. The van der Waals surface area contributed by atoms with Gasteiger partial charge in [0.25, 0.3) is 0 Å². The van der Waals surface area contributed by atoms with Crippen LogP contribution in [0.5, 0.6) is 0 Å². The number of aliphatic carboxylic acids is 1. The standard InChI is InChI=1S/C9H16N2O3S/c1-2-10-7(12)5-11-9(8(13)14)3-4-15-6-9/h11H,2-6H2,1H3,(H,10,12)(H,13,14). The summed E-state index contributed by atoms with van der Waals surface area (Å²) in [6.45, 7) is 2.46.